The van der Waals surface area contributed by atoms with Gasteiger partial charge in [0.2, 0.25) is 0 Å². The van der Waals surface area contributed by atoms with Crippen LogP contribution in [0.5, 0.6) is 0 Å². The van der Waals surface area contributed by atoms with Gasteiger partial charge in [0, 0.05) is 23.7 Å². The maximum Gasteiger partial charge on any atom is 0.101 e. The van der Waals surface area contributed by atoms with Gasteiger partial charge in [-0.05, 0) is 30.5 Å². The Hall–Kier alpha value is -2.18. The van der Waals surface area contributed by atoms with Gasteiger partial charge in [-0.25, -0.2) is 0 Å². The van der Waals surface area contributed by atoms with Crippen LogP contribution in [0.3, 0.4) is 0 Å². The lowest BCUT2D eigenvalue weighted by Gasteiger charge is -2.23. The molecule has 92 valence electrons. The zero-order valence-electron chi connectivity index (χ0n) is 10.2. The molecule has 0 spiro atoms. The van der Waals surface area contributed by atoms with E-state index in [-0.39, 0.29) is 0 Å². The molecule has 5 heteroatoms. The molecule has 0 radical (unpaired) electrons. The van der Waals surface area contributed by atoms with Crippen LogP contribution in [0.25, 0.3) is 10.4 Å². The number of nitriles is 1. The van der Waals surface area contributed by atoms with E-state index in [2.05, 4.69) is 21.0 Å². The molecule has 1 aliphatic rings. The average Bonchev–Trinajstić information content (AvgIpc) is 2.68. The number of nitrogens with zero attached hydrogens (tertiary/aromatic N) is 5. The van der Waals surface area contributed by atoms with Crippen molar-refractivity contribution in [1.82, 2.24) is 0 Å². The van der Waals surface area contributed by atoms with Crippen LogP contribution in [-0.2, 0) is 0 Å². The standard InChI is InChI=1S/C13H15N5/c14-10-11-9-12(16-17-15)5-6-13(11)18-7-3-1-2-4-8-18/h5-6,9H,1-4,7-8H2. The molecule has 0 atom stereocenters. The van der Waals surface area contributed by atoms with E-state index >= 15 is 0 Å². The Labute approximate surface area is 106 Å². The second-order valence-corrected chi connectivity index (χ2v) is 4.40. The largest absolute Gasteiger partial charge is 0.370 e. The van der Waals surface area contributed by atoms with Crippen molar-refractivity contribution in [3.05, 3.63) is 34.2 Å². The zero-order valence-corrected chi connectivity index (χ0v) is 10.2. The van der Waals surface area contributed by atoms with E-state index in [4.69, 9.17) is 5.53 Å². The summed E-state index contributed by atoms with van der Waals surface area (Å²) in [7, 11) is 0. The highest BCUT2D eigenvalue weighted by Gasteiger charge is 2.13. The molecule has 0 N–H and O–H groups in total. The summed E-state index contributed by atoms with van der Waals surface area (Å²) >= 11 is 0. The Kier molecular flexibility index (Phi) is 4.06. The van der Waals surface area contributed by atoms with E-state index in [9.17, 15) is 5.26 Å². The summed E-state index contributed by atoms with van der Waals surface area (Å²) in [5, 5.41) is 12.7. The lowest BCUT2D eigenvalue weighted by molar-refractivity contribution is 0.726. The van der Waals surface area contributed by atoms with Gasteiger partial charge < -0.3 is 4.90 Å². The number of rotatable bonds is 2. The monoisotopic (exact) mass is 241 g/mol. The van der Waals surface area contributed by atoms with Crippen molar-refractivity contribution in [2.45, 2.75) is 25.7 Å². The SMILES string of the molecule is N#Cc1cc(N=[N+]=[N-])ccc1N1CCCCCC1. The molecule has 5 nitrogen and oxygen atoms in total. The predicted molar refractivity (Wildman–Crippen MR) is 70.6 cm³/mol. The Morgan fingerprint density at radius 1 is 1.22 bits per heavy atom. The van der Waals surface area contributed by atoms with E-state index in [1.807, 2.05) is 6.07 Å². The third-order valence-electron chi connectivity index (χ3n) is 3.21. The lowest BCUT2D eigenvalue weighted by Crippen LogP contribution is -2.24. The summed E-state index contributed by atoms with van der Waals surface area (Å²) < 4.78 is 0. The summed E-state index contributed by atoms with van der Waals surface area (Å²) in [6.45, 7) is 1.99. The molecule has 2 rings (SSSR count). The van der Waals surface area contributed by atoms with E-state index in [1.165, 1.54) is 25.7 Å². The molecule has 1 saturated heterocycles. The van der Waals surface area contributed by atoms with E-state index in [1.54, 1.807) is 12.1 Å². The summed E-state index contributed by atoms with van der Waals surface area (Å²) in [4.78, 5) is 5.00. The highest BCUT2D eigenvalue weighted by molar-refractivity contribution is 5.64. The van der Waals surface area contributed by atoms with Gasteiger partial charge in [-0.3, -0.25) is 0 Å². The van der Waals surface area contributed by atoms with Crippen LogP contribution in [0.1, 0.15) is 31.2 Å². The molecule has 0 saturated carbocycles. The smallest absolute Gasteiger partial charge is 0.101 e. The van der Waals surface area contributed by atoms with Crippen LogP contribution in [0.2, 0.25) is 0 Å². The van der Waals surface area contributed by atoms with Crippen LogP contribution >= 0.6 is 0 Å². The van der Waals surface area contributed by atoms with Gasteiger partial charge in [-0.15, -0.1) is 0 Å². The Balaban J connectivity index is 2.31. The fraction of sp³-hybridized carbons (Fsp3) is 0.462. The van der Waals surface area contributed by atoms with Crippen LogP contribution < -0.4 is 4.90 Å². The Morgan fingerprint density at radius 2 is 1.94 bits per heavy atom. The first-order valence-corrected chi connectivity index (χ1v) is 6.19. The van der Waals surface area contributed by atoms with Gasteiger partial charge in [0.15, 0.2) is 0 Å². The first-order chi connectivity index (χ1) is 8.85. The van der Waals surface area contributed by atoms with Crippen LogP contribution in [-0.4, -0.2) is 13.1 Å². The van der Waals surface area contributed by atoms with Gasteiger partial charge in [-0.1, -0.05) is 24.0 Å². The fourth-order valence-corrected chi connectivity index (χ4v) is 2.31. The molecule has 1 fully saturated rings. The molecular formula is C13H15N5. The molecule has 0 aliphatic carbocycles. The number of hydrogen-bond donors (Lipinski definition) is 0. The molecular weight excluding hydrogens is 226 g/mol. The van der Waals surface area contributed by atoms with Crippen LogP contribution in [0.4, 0.5) is 11.4 Å². The van der Waals surface area contributed by atoms with Gasteiger partial charge >= 0.3 is 0 Å². The van der Waals surface area contributed by atoms with Gasteiger partial charge in [0.05, 0.1) is 11.3 Å². The molecule has 1 aromatic rings. The first kappa shape index (κ1) is 12.3. The second-order valence-electron chi connectivity index (χ2n) is 4.40. The summed E-state index contributed by atoms with van der Waals surface area (Å²) in [5.74, 6) is 0. The van der Waals surface area contributed by atoms with Crippen molar-refractivity contribution in [3.63, 3.8) is 0 Å². The van der Waals surface area contributed by atoms with E-state index < -0.39 is 0 Å². The van der Waals surface area contributed by atoms with Gasteiger partial charge in [0.1, 0.15) is 6.07 Å². The third-order valence-corrected chi connectivity index (χ3v) is 3.21. The fourth-order valence-electron chi connectivity index (χ4n) is 2.31. The van der Waals surface area contributed by atoms with Crippen molar-refractivity contribution in [2.24, 2.45) is 5.11 Å². The maximum absolute atomic E-state index is 9.20. The maximum atomic E-state index is 9.20. The minimum atomic E-state index is 0.493. The number of benzene rings is 1. The van der Waals surface area contributed by atoms with Crippen molar-refractivity contribution < 1.29 is 0 Å². The zero-order chi connectivity index (χ0) is 12.8. The molecule has 1 aliphatic heterocycles. The molecule has 0 unspecified atom stereocenters. The topological polar surface area (TPSA) is 75.8 Å². The Morgan fingerprint density at radius 3 is 2.56 bits per heavy atom. The molecule has 1 heterocycles. The summed E-state index contributed by atoms with van der Waals surface area (Å²) in [6, 6.07) is 7.49. The van der Waals surface area contributed by atoms with Gasteiger partial charge in [0.25, 0.3) is 0 Å². The van der Waals surface area contributed by atoms with Crippen LogP contribution in [0.15, 0.2) is 23.3 Å². The van der Waals surface area contributed by atoms with Gasteiger partial charge in [-0.2, -0.15) is 5.26 Å². The third kappa shape index (κ3) is 2.73. The minimum Gasteiger partial charge on any atom is -0.370 e. The highest BCUT2D eigenvalue weighted by atomic mass is 15.1. The van der Waals surface area contributed by atoms with Crippen LogP contribution in [0, 0.1) is 11.3 Å². The van der Waals surface area contributed by atoms with E-state index in [0.717, 1.165) is 18.8 Å². The Bertz CT molecular complexity index is 503. The number of azide groups is 1. The second kappa shape index (κ2) is 5.95. The summed E-state index contributed by atoms with van der Waals surface area (Å²) in [5.41, 5.74) is 10.4. The van der Waals surface area contributed by atoms with Crippen molar-refractivity contribution in [3.8, 4) is 6.07 Å². The summed E-state index contributed by atoms with van der Waals surface area (Å²) in [6.07, 6.45) is 4.86. The first-order valence-electron chi connectivity index (χ1n) is 6.19. The molecule has 0 aromatic heterocycles. The quantitative estimate of drug-likeness (QED) is 0.447. The average molecular weight is 241 g/mol. The molecule has 18 heavy (non-hydrogen) atoms. The van der Waals surface area contributed by atoms with Crippen molar-refractivity contribution >= 4 is 11.4 Å². The predicted octanol–water partition coefficient (Wildman–Crippen LogP) is 3.88. The van der Waals surface area contributed by atoms with Crippen molar-refractivity contribution in [2.75, 3.05) is 18.0 Å². The highest BCUT2D eigenvalue weighted by Crippen LogP contribution is 2.27. The normalized spacial score (nSPS) is 15.4. The lowest BCUT2D eigenvalue weighted by atomic mass is 10.1. The molecule has 0 bridgehead atoms. The molecule has 1 aromatic carbocycles. The number of anilines is 1. The van der Waals surface area contributed by atoms with E-state index in [0.29, 0.717) is 11.3 Å². The molecule has 0 amide bonds. The van der Waals surface area contributed by atoms with Crippen molar-refractivity contribution in [1.29, 1.82) is 5.26 Å². The number of hydrogen-bond acceptors (Lipinski definition) is 3. The minimum absolute atomic E-state index is 0.493.